The molecule has 4 nitrogen and oxygen atoms in total. The van der Waals surface area contributed by atoms with Crippen LogP contribution in [0.25, 0.3) is 0 Å². The predicted molar refractivity (Wildman–Crippen MR) is 62.9 cm³/mol. The largest absolute Gasteiger partial charge is 0.381 e. The van der Waals surface area contributed by atoms with E-state index in [4.69, 9.17) is 5.73 Å². The summed E-state index contributed by atoms with van der Waals surface area (Å²) < 4.78 is 0. The molecule has 0 amide bonds. The Morgan fingerprint density at radius 1 is 1.40 bits per heavy atom. The third kappa shape index (κ3) is 2.66. The van der Waals surface area contributed by atoms with Crippen molar-refractivity contribution in [1.82, 2.24) is 15.0 Å². The number of hydrogen-bond acceptors (Lipinski definition) is 6. The van der Waals surface area contributed by atoms with Crippen LogP contribution >= 0.6 is 23.1 Å². The van der Waals surface area contributed by atoms with Crippen molar-refractivity contribution in [2.24, 2.45) is 0 Å². The average Bonchev–Trinajstić information content (AvgIpc) is 2.63. The summed E-state index contributed by atoms with van der Waals surface area (Å²) in [7, 11) is 0. The number of nitrogen functional groups attached to an aromatic ring is 1. The minimum atomic E-state index is 0.481. The fourth-order valence-corrected chi connectivity index (χ4v) is 2.55. The van der Waals surface area contributed by atoms with Crippen molar-refractivity contribution in [3.05, 3.63) is 28.5 Å². The number of hydrogen-bond donors (Lipinski definition) is 1. The molecule has 0 saturated carbocycles. The van der Waals surface area contributed by atoms with Crippen LogP contribution in [0, 0.1) is 6.92 Å². The standard InChI is InChI=1S/C9H10N4S2/c1-6-13-7(4-14-6)5-15-9-8(10)11-2-3-12-9/h2-4H,5H2,1H3,(H2,10,11). The fraction of sp³-hybridized carbons (Fsp3) is 0.222. The summed E-state index contributed by atoms with van der Waals surface area (Å²) in [4.78, 5) is 12.5. The van der Waals surface area contributed by atoms with Crippen molar-refractivity contribution in [2.75, 3.05) is 5.73 Å². The number of aromatic nitrogens is 3. The zero-order chi connectivity index (χ0) is 10.7. The van der Waals surface area contributed by atoms with E-state index in [2.05, 4.69) is 20.3 Å². The Bertz CT molecular complexity index is 455. The van der Waals surface area contributed by atoms with E-state index in [0.717, 1.165) is 21.5 Å². The number of thioether (sulfide) groups is 1. The lowest BCUT2D eigenvalue weighted by molar-refractivity contribution is 1.06. The normalized spacial score (nSPS) is 10.5. The monoisotopic (exact) mass is 238 g/mol. The predicted octanol–water partition coefficient (Wildman–Crippen LogP) is 2.12. The molecule has 0 bridgehead atoms. The minimum Gasteiger partial charge on any atom is -0.381 e. The SMILES string of the molecule is Cc1nc(CSc2nccnc2N)cs1. The van der Waals surface area contributed by atoms with Gasteiger partial charge in [-0.05, 0) is 6.92 Å². The molecule has 0 aliphatic carbocycles. The van der Waals surface area contributed by atoms with Gasteiger partial charge in [-0.3, -0.25) is 0 Å². The van der Waals surface area contributed by atoms with E-state index in [9.17, 15) is 0 Å². The van der Waals surface area contributed by atoms with Gasteiger partial charge in [0.25, 0.3) is 0 Å². The van der Waals surface area contributed by atoms with Crippen LogP contribution in [0.15, 0.2) is 22.8 Å². The molecule has 78 valence electrons. The smallest absolute Gasteiger partial charge is 0.156 e. The quantitative estimate of drug-likeness (QED) is 0.830. The van der Waals surface area contributed by atoms with Gasteiger partial charge in [0.05, 0.1) is 10.7 Å². The van der Waals surface area contributed by atoms with Crippen molar-refractivity contribution in [1.29, 1.82) is 0 Å². The maximum absolute atomic E-state index is 5.68. The number of aryl methyl sites for hydroxylation is 1. The second-order valence-corrected chi connectivity index (χ2v) is 4.92. The highest BCUT2D eigenvalue weighted by atomic mass is 32.2. The van der Waals surface area contributed by atoms with Crippen molar-refractivity contribution in [3.8, 4) is 0 Å². The van der Waals surface area contributed by atoms with Gasteiger partial charge in [-0.25, -0.2) is 15.0 Å². The molecule has 2 rings (SSSR count). The fourth-order valence-electron chi connectivity index (χ4n) is 1.06. The summed E-state index contributed by atoms with van der Waals surface area (Å²) in [5.41, 5.74) is 6.74. The highest BCUT2D eigenvalue weighted by molar-refractivity contribution is 7.98. The lowest BCUT2D eigenvalue weighted by Crippen LogP contribution is -1.94. The van der Waals surface area contributed by atoms with Gasteiger partial charge in [0.2, 0.25) is 0 Å². The van der Waals surface area contributed by atoms with Crippen molar-refractivity contribution >= 4 is 28.9 Å². The van der Waals surface area contributed by atoms with E-state index in [0.29, 0.717) is 5.82 Å². The molecule has 0 radical (unpaired) electrons. The first-order valence-electron chi connectivity index (χ1n) is 4.36. The van der Waals surface area contributed by atoms with Gasteiger partial charge in [0.15, 0.2) is 5.82 Å². The molecule has 0 aliphatic rings. The van der Waals surface area contributed by atoms with E-state index in [1.807, 2.05) is 6.92 Å². The van der Waals surface area contributed by atoms with Gasteiger partial charge < -0.3 is 5.73 Å². The number of nitrogens with zero attached hydrogens (tertiary/aromatic N) is 3. The van der Waals surface area contributed by atoms with Crippen LogP contribution < -0.4 is 5.73 Å². The lowest BCUT2D eigenvalue weighted by atomic mass is 10.6. The van der Waals surface area contributed by atoms with Crippen molar-refractivity contribution in [2.45, 2.75) is 17.7 Å². The maximum atomic E-state index is 5.68. The first-order chi connectivity index (χ1) is 7.25. The van der Waals surface area contributed by atoms with E-state index in [1.54, 1.807) is 35.5 Å². The Hall–Kier alpha value is -1.14. The number of nitrogens with two attached hydrogens (primary N) is 1. The van der Waals surface area contributed by atoms with Crippen LogP contribution in [0.1, 0.15) is 10.7 Å². The summed E-state index contributed by atoms with van der Waals surface area (Å²) in [5.74, 6) is 1.27. The van der Waals surface area contributed by atoms with E-state index in [-0.39, 0.29) is 0 Å². The molecule has 6 heteroatoms. The van der Waals surface area contributed by atoms with Crippen LogP contribution in [0.4, 0.5) is 5.82 Å². The summed E-state index contributed by atoms with van der Waals surface area (Å²) in [6.07, 6.45) is 3.23. The molecule has 2 heterocycles. The molecular weight excluding hydrogens is 228 g/mol. The lowest BCUT2D eigenvalue weighted by Gasteiger charge is -2.00. The number of rotatable bonds is 3. The van der Waals surface area contributed by atoms with Gasteiger partial charge in [-0.15, -0.1) is 11.3 Å². The van der Waals surface area contributed by atoms with Gasteiger partial charge in [-0.2, -0.15) is 0 Å². The molecule has 0 aliphatic heterocycles. The van der Waals surface area contributed by atoms with Crippen molar-refractivity contribution in [3.63, 3.8) is 0 Å². The zero-order valence-electron chi connectivity index (χ0n) is 8.17. The van der Waals surface area contributed by atoms with E-state index >= 15 is 0 Å². The maximum Gasteiger partial charge on any atom is 0.156 e. The first-order valence-corrected chi connectivity index (χ1v) is 6.22. The zero-order valence-corrected chi connectivity index (χ0v) is 9.81. The molecule has 0 atom stereocenters. The summed E-state index contributed by atoms with van der Waals surface area (Å²) in [5, 5.41) is 3.90. The minimum absolute atomic E-state index is 0.481. The van der Waals surface area contributed by atoms with Crippen LogP contribution in [-0.2, 0) is 5.75 Å². The Morgan fingerprint density at radius 3 is 2.87 bits per heavy atom. The number of thiazole rings is 1. The Balaban J connectivity index is 2.02. The topological polar surface area (TPSA) is 64.7 Å². The summed E-state index contributed by atoms with van der Waals surface area (Å²) in [6, 6.07) is 0. The highest BCUT2D eigenvalue weighted by Crippen LogP contribution is 2.24. The van der Waals surface area contributed by atoms with Crippen LogP contribution in [-0.4, -0.2) is 15.0 Å². The highest BCUT2D eigenvalue weighted by Gasteiger charge is 2.04. The van der Waals surface area contributed by atoms with E-state index in [1.165, 1.54) is 0 Å². The molecule has 0 aromatic carbocycles. The molecule has 0 fully saturated rings. The van der Waals surface area contributed by atoms with Gasteiger partial charge >= 0.3 is 0 Å². The van der Waals surface area contributed by atoms with Gasteiger partial charge in [-0.1, -0.05) is 11.8 Å². The van der Waals surface area contributed by atoms with E-state index < -0.39 is 0 Å². The third-order valence-electron chi connectivity index (χ3n) is 1.71. The second-order valence-electron chi connectivity index (χ2n) is 2.89. The number of anilines is 1. The summed E-state index contributed by atoms with van der Waals surface area (Å²) in [6.45, 7) is 2.00. The Morgan fingerprint density at radius 2 is 2.20 bits per heavy atom. The molecule has 0 saturated heterocycles. The van der Waals surface area contributed by atoms with Gasteiger partial charge in [0, 0.05) is 23.5 Å². The molecule has 2 N–H and O–H groups in total. The Kier molecular flexibility index (Phi) is 3.17. The van der Waals surface area contributed by atoms with Crippen LogP contribution in [0.2, 0.25) is 0 Å². The van der Waals surface area contributed by atoms with Crippen LogP contribution in [0.3, 0.4) is 0 Å². The molecular formula is C9H10N4S2. The molecule has 15 heavy (non-hydrogen) atoms. The summed E-state index contributed by atoms with van der Waals surface area (Å²) >= 11 is 3.21. The third-order valence-corrected chi connectivity index (χ3v) is 3.56. The molecule has 2 aromatic rings. The average molecular weight is 238 g/mol. The second kappa shape index (κ2) is 4.59. The molecule has 0 spiro atoms. The van der Waals surface area contributed by atoms with Crippen LogP contribution in [0.5, 0.6) is 0 Å². The Labute approximate surface area is 96.0 Å². The van der Waals surface area contributed by atoms with Gasteiger partial charge in [0.1, 0.15) is 5.03 Å². The van der Waals surface area contributed by atoms with Crippen molar-refractivity contribution < 1.29 is 0 Å². The molecule has 0 unspecified atom stereocenters. The molecule has 2 aromatic heterocycles. The first kappa shape index (κ1) is 10.4.